The normalized spacial score (nSPS) is 10.9. The molecule has 0 spiro atoms. The topological polar surface area (TPSA) is 69.1 Å². The zero-order chi connectivity index (χ0) is 11.8. The molecule has 0 saturated carbocycles. The molecular formula is C12H11N5. The quantitative estimate of drug-likeness (QED) is 0.684. The molecule has 3 aromatic rings. The molecular weight excluding hydrogens is 214 g/mol. The SMILES string of the molecule is Cc1cc(N)cn2c(-c3cccnc3)nnc12. The number of anilines is 1. The highest BCUT2D eigenvalue weighted by atomic mass is 15.2. The lowest BCUT2D eigenvalue weighted by Crippen LogP contribution is -1.95. The van der Waals surface area contributed by atoms with Gasteiger partial charge in [-0.2, -0.15) is 0 Å². The number of nitrogens with zero attached hydrogens (tertiary/aromatic N) is 4. The zero-order valence-corrected chi connectivity index (χ0v) is 9.33. The Bertz CT molecular complexity index is 672. The predicted molar refractivity (Wildman–Crippen MR) is 65.4 cm³/mol. The molecule has 0 aliphatic heterocycles. The molecule has 3 heterocycles. The molecule has 0 aromatic carbocycles. The maximum atomic E-state index is 5.84. The summed E-state index contributed by atoms with van der Waals surface area (Å²) < 4.78 is 1.89. The third-order valence-corrected chi connectivity index (χ3v) is 2.63. The Hall–Kier alpha value is -2.43. The Morgan fingerprint density at radius 3 is 2.94 bits per heavy atom. The lowest BCUT2D eigenvalue weighted by Gasteiger charge is -2.02. The maximum Gasteiger partial charge on any atom is 0.169 e. The Labute approximate surface area is 97.9 Å². The molecule has 0 bridgehead atoms. The van der Waals surface area contributed by atoms with E-state index in [1.165, 1.54) is 0 Å². The largest absolute Gasteiger partial charge is 0.398 e. The average molecular weight is 225 g/mol. The van der Waals surface area contributed by atoms with Crippen molar-refractivity contribution in [3.63, 3.8) is 0 Å². The fourth-order valence-electron chi connectivity index (χ4n) is 1.88. The molecule has 0 amide bonds. The summed E-state index contributed by atoms with van der Waals surface area (Å²) in [5.41, 5.74) is 9.28. The van der Waals surface area contributed by atoms with Crippen LogP contribution >= 0.6 is 0 Å². The molecule has 84 valence electrons. The molecule has 0 aliphatic rings. The van der Waals surface area contributed by atoms with E-state index in [0.29, 0.717) is 5.69 Å². The smallest absolute Gasteiger partial charge is 0.169 e. The molecule has 0 radical (unpaired) electrons. The third-order valence-electron chi connectivity index (χ3n) is 2.63. The highest BCUT2D eigenvalue weighted by Crippen LogP contribution is 2.20. The van der Waals surface area contributed by atoms with Crippen molar-refractivity contribution in [3.8, 4) is 11.4 Å². The van der Waals surface area contributed by atoms with Crippen LogP contribution in [0.4, 0.5) is 5.69 Å². The summed E-state index contributed by atoms with van der Waals surface area (Å²) in [6, 6.07) is 5.70. The van der Waals surface area contributed by atoms with Crippen LogP contribution in [-0.2, 0) is 0 Å². The Morgan fingerprint density at radius 2 is 2.18 bits per heavy atom. The monoisotopic (exact) mass is 225 g/mol. The molecule has 0 saturated heterocycles. The van der Waals surface area contributed by atoms with E-state index in [9.17, 15) is 0 Å². The van der Waals surface area contributed by atoms with Crippen LogP contribution in [0.25, 0.3) is 17.0 Å². The van der Waals surface area contributed by atoms with Crippen LogP contribution in [0.5, 0.6) is 0 Å². The van der Waals surface area contributed by atoms with E-state index in [1.54, 1.807) is 12.4 Å². The van der Waals surface area contributed by atoms with E-state index in [0.717, 1.165) is 22.6 Å². The molecule has 5 nitrogen and oxygen atoms in total. The lowest BCUT2D eigenvalue weighted by atomic mass is 10.2. The fraction of sp³-hybridized carbons (Fsp3) is 0.0833. The number of hydrogen-bond acceptors (Lipinski definition) is 4. The van der Waals surface area contributed by atoms with Gasteiger partial charge in [-0.15, -0.1) is 10.2 Å². The van der Waals surface area contributed by atoms with E-state index < -0.39 is 0 Å². The number of pyridine rings is 2. The number of aromatic nitrogens is 4. The van der Waals surface area contributed by atoms with Gasteiger partial charge >= 0.3 is 0 Å². The third kappa shape index (κ3) is 1.52. The Kier molecular flexibility index (Phi) is 2.04. The highest BCUT2D eigenvalue weighted by molar-refractivity contribution is 5.62. The van der Waals surface area contributed by atoms with Crippen molar-refractivity contribution in [2.24, 2.45) is 0 Å². The maximum absolute atomic E-state index is 5.84. The zero-order valence-electron chi connectivity index (χ0n) is 9.33. The summed E-state index contributed by atoms with van der Waals surface area (Å²) in [7, 11) is 0. The summed E-state index contributed by atoms with van der Waals surface area (Å²) in [5, 5.41) is 8.35. The van der Waals surface area contributed by atoms with Crippen molar-refractivity contribution in [3.05, 3.63) is 42.4 Å². The molecule has 0 aliphatic carbocycles. The molecule has 3 rings (SSSR count). The van der Waals surface area contributed by atoms with Crippen molar-refractivity contribution < 1.29 is 0 Å². The first-order valence-corrected chi connectivity index (χ1v) is 5.27. The van der Waals surface area contributed by atoms with Gasteiger partial charge in [-0.25, -0.2) is 0 Å². The standard InChI is InChI=1S/C12H11N5/c1-8-5-10(13)7-17-11(8)15-16-12(17)9-3-2-4-14-6-9/h2-7H,13H2,1H3. The van der Waals surface area contributed by atoms with Gasteiger partial charge in [-0.1, -0.05) is 0 Å². The van der Waals surface area contributed by atoms with Gasteiger partial charge < -0.3 is 5.73 Å². The molecule has 0 unspecified atom stereocenters. The van der Waals surface area contributed by atoms with Crippen LogP contribution in [0.3, 0.4) is 0 Å². The molecule has 0 atom stereocenters. The minimum Gasteiger partial charge on any atom is -0.398 e. The van der Waals surface area contributed by atoms with Crippen LogP contribution in [0.15, 0.2) is 36.8 Å². The Morgan fingerprint density at radius 1 is 1.29 bits per heavy atom. The minimum atomic E-state index is 0.694. The van der Waals surface area contributed by atoms with Gasteiger partial charge in [-0.3, -0.25) is 9.38 Å². The molecule has 0 fully saturated rings. The van der Waals surface area contributed by atoms with Crippen LogP contribution in [-0.4, -0.2) is 19.6 Å². The second kappa shape index (κ2) is 3.55. The van der Waals surface area contributed by atoms with Gasteiger partial charge in [0.15, 0.2) is 11.5 Å². The summed E-state index contributed by atoms with van der Waals surface area (Å²) in [6.07, 6.45) is 5.31. The van der Waals surface area contributed by atoms with E-state index in [-0.39, 0.29) is 0 Å². The van der Waals surface area contributed by atoms with Crippen LogP contribution in [0, 0.1) is 6.92 Å². The van der Waals surface area contributed by atoms with Gasteiger partial charge in [0.1, 0.15) is 0 Å². The van der Waals surface area contributed by atoms with Crippen molar-refractivity contribution >= 4 is 11.3 Å². The first-order chi connectivity index (χ1) is 8.25. The first-order valence-electron chi connectivity index (χ1n) is 5.27. The number of fused-ring (bicyclic) bond motifs is 1. The van der Waals surface area contributed by atoms with Crippen molar-refractivity contribution in [2.45, 2.75) is 6.92 Å². The molecule has 17 heavy (non-hydrogen) atoms. The molecule has 3 aromatic heterocycles. The predicted octanol–water partition coefficient (Wildman–Crippen LogP) is 1.68. The number of aryl methyl sites for hydroxylation is 1. The number of nitrogen functional groups attached to an aromatic ring is 1. The van der Waals surface area contributed by atoms with Crippen molar-refractivity contribution in [1.82, 2.24) is 19.6 Å². The van der Waals surface area contributed by atoms with Crippen LogP contribution in [0.2, 0.25) is 0 Å². The number of nitrogens with two attached hydrogens (primary N) is 1. The summed E-state index contributed by atoms with van der Waals surface area (Å²) >= 11 is 0. The average Bonchev–Trinajstić information content (AvgIpc) is 2.74. The lowest BCUT2D eigenvalue weighted by molar-refractivity contribution is 1.11. The van der Waals surface area contributed by atoms with E-state index in [1.807, 2.05) is 35.7 Å². The van der Waals surface area contributed by atoms with Gasteiger partial charge in [-0.05, 0) is 30.7 Å². The number of rotatable bonds is 1. The van der Waals surface area contributed by atoms with E-state index in [4.69, 9.17) is 5.73 Å². The highest BCUT2D eigenvalue weighted by Gasteiger charge is 2.09. The first kappa shape index (κ1) is 9.77. The summed E-state index contributed by atoms with van der Waals surface area (Å²) in [5.74, 6) is 0.753. The molecule has 5 heteroatoms. The van der Waals surface area contributed by atoms with Gasteiger partial charge in [0.05, 0.1) is 0 Å². The number of hydrogen-bond donors (Lipinski definition) is 1. The van der Waals surface area contributed by atoms with E-state index >= 15 is 0 Å². The minimum absolute atomic E-state index is 0.694. The fourth-order valence-corrected chi connectivity index (χ4v) is 1.88. The van der Waals surface area contributed by atoms with Crippen LogP contribution < -0.4 is 5.73 Å². The summed E-state index contributed by atoms with van der Waals surface area (Å²) in [6.45, 7) is 1.97. The second-order valence-electron chi connectivity index (χ2n) is 3.92. The molecule has 2 N–H and O–H groups in total. The van der Waals surface area contributed by atoms with E-state index in [2.05, 4.69) is 15.2 Å². The van der Waals surface area contributed by atoms with Gasteiger partial charge in [0, 0.05) is 29.8 Å². The summed E-state index contributed by atoms with van der Waals surface area (Å²) in [4.78, 5) is 4.08. The van der Waals surface area contributed by atoms with Crippen LogP contribution in [0.1, 0.15) is 5.56 Å². The Balaban J connectivity index is 2.32. The van der Waals surface area contributed by atoms with Gasteiger partial charge in [0.25, 0.3) is 0 Å². The van der Waals surface area contributed by atoms with Crippen molar-refractivity contribution in [2.75, 3.05) is 5.73 Å². The van der Waals surface area contributed by atoms with Crippen molar-refractivity contribution in [1.29, 1.82) is 0 Å². The van der Waals surface area contributed by atoms with Gasteiger partial charge in [0.2, 0.25) is 0 Å². The second-order valence-corrected chi connectivity index (χ2v) is 3.92.